The Morgan fingerprint density at radius 2 is 1.57 bits per heavy atom. The smallest absolute Gasteiger partial charge is 0.338 e. The third kappa shape index (κ3) is 6.83. The van der Waals surface area contributed by atoms with Gasteiger partial charge in [0.05, 0.1) is 23.5 Å². The average molecular weight is 476 g/mol. The van der Waals surface area contributed by atoms with Gasteiger partial charge in [0, 0.05) is 24.8 Å². The zero-order chi connectivity index (χ0) is 25.2. The Kier molecular flexibility index (Phi) is 8.83. The predicted molar refractivity (Wildman–Crippen MR) is 136 cm³/mol. The number of nitrogens with zero attached hydrogens (tertiary/aromatic N) is 1. The van der Waals surface area contributed by atoms with Crippen molar-refractivity contribution < 1.29 is 23.9 Å². The first-order chi connectivity index (χ1) is 16.9. The summed E-state index contributed by atoms with van der Waals surface area (Å²) in [5.74, 6) is -0.486. The molecule has 2 N–H and O–H groups in total. The van der Waals surface area contributed by atoms with Gasteiger partial charge in [-0.15, -0.1) is 0 Å². The van der Waals surface area contributed by atoms with Crippen LogP contribution in [0.2, 0.25) is 0 Å². The predicted octanol–water partition coefficient (Wildman–Crippen LogP) is 4.59. The number of rotatable bonds is 10. The van der Waals surface area contributed by atoms with E-state index in [1.165, 1.54) is 0 Å². The molecular weight excluding hydrogens is 446 g/mol. The number of carbonyl (C=O) groups is 3. The molecule has 0 aliphatic rings. The van der Waals surface area contributed by atoms with Crippen LogP contribution in [0, 0.1) is 0 Å². The molecule has 0 heterocycles. The lowest BCUT2D eigenvalue weighted by molar-refractivity contribution is -0.118. The second-order valence-corrected chi connectivity index (χ2v) is 7.57. The van der Waals surface area contributed by atoms with E-state index < -0.39 is 5.97 Å². The maximum Gasteiger partial charge on any atom is 0.338 e. The van der Waals surface area contributed by atoms with Gasteiger partial charge in [0.2, 0.25) is 0 Å². The summed E-state index contributed by atoms with van der Waals surface area (Å²) in [6.45, 7) is 4.34. The first-order valence-corrected chi connectivity index (χ1v) is 11.3. The molecule has 8 heteroatoms. The summed E-state index contributed by atoms with van der Waals surface area (Å²) in [4.78, 5) is 38.7. The molecule has 8 nitrogen and oxygen atoms in total. The third-order valence-corrected chi connectivity index (χ3v) is 5.09. The van der Waals surface area contributed by atoms with Crippen molar-refractivity contribution in [3.63, 3.8) is 0 Å². The molecule has 0 fully saturated rings. The highest BCUT2D eigenvalue weighted by Crippen LogP contribution is 2.24. The van der Waals surface area contributed by atoms with Gasteiger partial charge in [0.25, 0.3) is 11.8 Å². The highest BCUT2D eigenvalue weighted by atomic mass is 16.5. The molecule has 3 aromatic rings. The van der Waals surface area contributed by atoms with Crippen LogP contribution < -0.4 is 20.3 Å². The molecular formula is C27H29N3O5. The summed E-state index contributed by atoms with van der Waals surface area (Å²) < 4.78 is 10.6. The molecule has 35 heavy (non-hydrogen) atoms. The normalized spacial score (nSPS) is 10.3. The number of hydrogen-bond acceptors (Lipinski definition) is 6. The molecule has 0 saturated carbocycles. The van der Waals surface area contributed by atoms with Crippen molar-refractivity contribution >= 4 is 34.8 Å². The van der Waals surface area contributed by atoms with Crippen LogP contribution >= 0.6 is 0 Å². The number of carbonyl (C=O) groups excluding carboxylic acids is 3. The zero-order valence-electron chi connectivity index (χ0n) is 20.0. The number of esters is 1. The van der Waals surface area contributed by atoms with Crippen molar-refractivity contribution in [3.8, 4) is 5.75 Å². The van der Waals surface area contributed by atoms with Crippen LogP contribution in [0.1, 0.15) is 34.6 Å². The van der Waals surface area contributed by atoms with Gasteiger partial charge in [-0.3, -0.25) is 9.59 Å². The fraction of sp³-hybridized carbons (Fsp3) is 0.222. The highest BCUT2D eigenvalue weighted by Gasteiger charge is 2.15. The average Bonchev–Trinajstić information content (AvgIpc) is 2.88. The van der Waals surface area contributed by atoms with Crippen molar-refractivity contribution in [1.29, 1.82) is 0 Å². The second-order valence-electron chi connectivity index (χ2n) is 7.57. The van der Waals surface area contributed by atoms with Crippen molar-refractivity contribution in [3.05, 3.63) is 83.9 Å². The lowest BCUT2D eigenvalue weighted by atomic mass is 10.1. The first-order valence-electron chi connectivity index (χ1n) is 11.3. The van der Waals surface area contributed by atoms with Crippen molar-refractivity contribution in [2.75, 3.05) is 42.3 Å². The molecule has 0 atom stereocenters. The van der Waals surface area contributed by atoms with Gasteiger partial charge < -0.3 is 25.0 Å². The van der Waals surface area contributed by atoms with Crippen molar-refractivity contribution in [2.45, 2.75) is 13.8 Å². The fourth-order valence-corrected chi connectivity index (χ4v) is 3.33. The zero-order valence-corrected chi connectivity index (χ0v) is 20.0. The maximum absolute atomic E-state index is 12.6. The molecule has 0 aromatic heterocycles. The van der Waals surface area contributed by atoms with E-state index in [1.807, 2.05) is 25.1 Å². The summed E-state index contributed by atoms with van der Waals surface area (Å²) >= 11 is 0. The first kappa shape index (κ1) is 25.3. The SMILES string of the molecule is CCNc1ccc(C(=O)OCC)cc1NC(=O)COc1ccc(N(C)C(=O)c2ccccc2)cc1. The number of benzene rings is 3. The molecule has 2 amide bonds. The summed E-state index contributed by atoms with van der Waals surface area (Å²) in [7, 11) is 1.70. The molecule has 0 saturated heterocycles. The van der Waals surface area contributed by atoms with Gasteiger partial charge in [-0.2, -0.15) is 0 Å². The molecule has 182 valence electrons. The number of amides is 2. The lowest BCUT2D eigenvalue weighted by Gasteiger charge is -2.18. The van der Waals surface area contributed by atoms with Crippen molar-refractivity contribution in [1.82, 2.24) is 0 Å². The summed E-state index contributed by atoms with van der Waals surface area (Å²) in [5.41, 5.74) is 2.78. The van der Waals surface area contributed by atoms with E-state index in [0.717, 1.165) is 0 Å². The van der Waals surface area contributed by atoms with Crippen LogP contribution in [0.3, 0.4) is 0 Å². The standard InChI is InChI=1S/C27H29N3O5/c1-4-28-23-16-11-20(27(33)34-5-2)17-24(23)29-25(31)18-35-22-14-12-21(13-15-22)30(3)26(32)19-9-7-6-8-10-19/h6-17,28H,4-5,18H2,1-3H3,(H,29,31). The third-order valence-electron chi connectivity index (χ3n) is 5.09. The lowest BCUT2D eigenvalue weighted by Crippen LogP contribution is -2.26. The molecule has 0 aliphatic heterocycles. The fourth-order valence-electron chi connectivity index (χ4n) is 3.33. The molecule has 0 aliphatic carbocycles. The topological polar surface area (TPSA) is 97.0 Å². The molecule has 0 radical (unpaired) electrons. The number of nitrogens with one attached hydrogen (secondary N) is 2. The molecule has 3 rings (SSSR count). The Morgan fingerprint density at radius 3 is 2.23 bits per heavy atom. The monoisotopic (exact) mass is 475 g/mol. The van der Waals surface area contributed by atoms with E-state index >= 15 is 0 Å². The van der Waals surface area contributed by atoms with Gasteiger partial charge in [-0.05, 0) is 68.4 Å². The van der Waals surface area contributed by atoms with Crippen LogP contribution in [-0.2, 0) is 9.53 Å². The van der Waals surface area contributed by atoms with E-state index in [4.69, 9.17) is 9.47 Å². The number of anilines is 3. The van der Waals surface area contributed by atoms with Gasteiger partial charge in [0.1, 0.15) is 5.75 Å². The Morgan fingerprint density at radius 1 is 0.857 bits per heavy atom. The maximum atomic E-state index is 12.6. The number of ether oxygens (including phenoxy) is 2. The van der Waals surface area contributed by atoms with Gasteiger partial charge in [0.15, 0.2) is 6.61 Å². The minimum absolute atomic E-state index is 0.125. The van der Waals surface area contributed by atoms with Crippen LogP contribution in [0.25, 0.3) is 0 Å². The Hall–Kier alpha value is -4.33. The van der Waals surface area contributed by atoms with Crippen LogP contribution in [-0.4, -0.2) is 44.6 Å². The van der Waals surface area contributed by atoms with E-state index in [9.17, 15) is 14.4 Å². The Labute approximate surface area is 204 Å². The largest absolute Gasteiger partial charge is 0.484 e. The van der Waals surface area contributed by atoms with E-state index in [1.54, 1.807) is 73.5 Å². The molecule has 0 bridgehead atoms. The Balaban J connectivity index is 1.61. The molecule has 0 spiro atoms. The summed E-state index contributed by atoms with van der Waals surface area (Å²) in [6, 6.07) is 20.8. The van der Waals surface area contributed by atoms with Crippen LogP contribution in [0.15, 0.2) is 72.8 Å². The van der Waals surface area contributed by atoms with E-state index in [0.29, 0.717) is 40.5 Å². The summed E-state index contributed by atoms with van der Waals surface area (Å²) in [6.07, 6.45) is 0. The Bertz CT molecular complexity index is 1160. The van der Waals surface area contributed by atoms with Crippen LogP contribution in [0.5, 0.6) is 5.75 Å². The summed E-state index contributed by atoms with van der Waals surface area (Å²) in [5, 5.41) is 5.93. The quantitative estimate of drug-likeness (QED) is 0.417. The van der Waals surface area contributed by atoms with Gasteiger partial charge in [-0.1, -0.05) is 18.2 Å². The second kappa shape index (κ2) is 12.2. The highest BCUT2D eigenvalue weighted by molar-refractivity contribution is 6.05. The van der Waals surface area contributed by atoms with Gasteiger partial charge >= 0.3 is 5.97 Å². The minimum atomic E-state index is -0.460. The minimum Gasteiger partial charge on any atom is -0.484 e. The molecule has 0 unspecified atom stereocenters. The van der Waals surface area contributed by atoms with E-state index in [2.05, 4.69) is 10.6 Å². The van der Waals surface area contributed by atoms with Crippen LogP contribution in [0.4, 0.5) is 17.1 Å². The number of hydrogen-bond donors (Lipinski definition) is 2. The van der Waals surface area contributed by atoms with Crippen molar-refractivity contribution in [2.24, 2.45) is 0 Å². The van der Waals surface area contributed by atoms with Gasteiger partial charge in [-0.25, -0.2) is 4.79 Å². The van der Waals surface area contributed by atoms with E-state index in [-0.39, 0.29) is 25.0 Å². The molecule has 3 aromatic carbocycles.